The molecule has 0 amide bonds. The van der Waals surface area contributed by atoms with Gasteiger partial charge in [-0.25, -0.2) is 4.39 Å². The Morgan fingerprint density at radius 2 is 2.07 bits per heavy atom. The highest BCUT2D eigenvalue weighted by molar-refractivity contribution is 4.78. The van der Waals surface area contributed by atoms with Gasteiger partial charge in [-0.05, 0) is 0 Å². The number of hydrogen-bond donors (Lipinski definition) is 1. The molecule has 0 spiro atoms. The summed E-state index contributed by atoms with van der Waals surface area (Å²) in [5.74, 6) is -1.38. The number of alkyl halides is 4. The second-order valence-corrected chi connectivity index (χ2v) is 3.43. The molecule has 1 aliphatic heterocycles. The Labute approximate surface area is 80.3 Å². The highest BCUT2D eigenvalue weighted by Gasteiger charge is 2.40. The Hall–Kier alpha value is -0.360. The van der Waals surface area contributed by atoms with Crippen molar-refractivity contribution in [2.75, 3.05) is 39.4 Å². The summed E-state index contributed by atoms with van der Waals surface area (Å²) < 4.78 is 49.1. The van der Waals surface area contributed by atoms with Crippen LogP contribution in [0.5, 0.6) is 0 Å². The van der Waals surface area contributed by atoms with E-state index >= 15 is 0 Å². The van der Waals surface area contributed by atoms with Crippen LogP contribution < -0.4 is 5.32 Å². The standard InChI is InChI=1S/C8H14F4N2/c9-1-3-14-4-2-13-5-7(6-14)8(10,11)12/h7,13H,1-6H2. The molecule has 0 aromatic carbocycles. The lowest BCUT2D eigenvalue weighted by molar-refractivity contribution is -0.175. The molecule has 6 heteroatoms. The zero-order valence-electron chi connectivity index (χ0n) is 7.78. The summed E-state index contributed by atoms with van der Waals surface area (Å²) in [6, 6.07) is 0. The average Bonchev–Trinajstić information content (AvgIpc) is 2.29. The normalized spacial score (nSPS) is 26.1. The van der Waals surface area contributed by atoms with Crippen LogP contribution in [-0.2, 0) is 0 Å². The minimum absolute atomic E-state index is 0.0632. The number of rotatable bonds is 2. The molecule has 0 aromatic heterocycles. The van der Waals surface area contributed by atoms with Gasteiger partial charge in [-0.15, -0.1) is 0 Å². The molecule has 1 aliphatic rings. The Kier molecular flexibility index (Phi) is 4.12. The monoisotopic (exact) mass is 214 g/mol. The summed E-state index contributed by atoms with van der Waals surface area (Å²) in [5.41, 5.74) is 0. The van der Waals surface area contributed by atoms with Gasteiger partial charge in [0.25, 0.3) is 0 Å². The molecule has 2 nitrogen and oxygen atoms in total. The van der Waals surface area contributed by atoms with Crippen LogP contribution in [0.2, 0.25) is 0 Å². The van der Waals surface area contributed by atoms with Crippen LogP contribution in [-0.4, -0.2) is 50.5 Å². The molecule has 1 heterocycles. The van der Waals surface area contributed by atoms with Crippen molar-refractivity contribution in [1.29, 1.82) is 0 Å². The largest absolute Gasteiger partial charge is 0.394 e. The van der Waals surface area contributed by atoms with Gasteiger partial charge in [-0.2, -0.15) is 13.2 Å². The van der Waals surface area contributed by atoms with Crippen molar-refractivity contribution in [1.82, 2.24) is 10.2 Å². The minimum Gasteiger partial charge on any atom is -0.315 e. The molecule has 14 heavy (non-hydrogen) atoms. The lowest BCUT2D eigenvalue weighted by Gasteiger charge is -2.24. The zero-order chi connectivity index (χ0) is 10.6. The van der Waals surface area contributed by atoms with Gasteiger partial charge in [0.05, 0.1) is 5.92 Å². The van der Waals surface area contributed by atoms with E-state index in [0.29, 0.717) is 13.1 Å². The first-order chi connectivity index (χ1) is 6.54. The Balaban J connectivity index is 2.51. The quantitative estimate of drug-likeness (QED) is 0.691. The first-order valence-electron chi connectivity index (χ1n) is 4.60. The van der Waals surface area contributed by atoms with E-state index in [1.807, 2.05) is 0 Å². The highest BCUT2D eigenvalue weighted by Crippen LogP contribution is 2.27. The van der Waals surface area contributed by atoms with E-state index in [9.17, 15) is 17.6 Å². The van der Waals surface area contributed by atoms with Crippen LogP contribution >= 0.6 is 0 Å². The molecule has 1 rings (SSSR count). The van der Waals surface area contributed by atoms with Crippen LogP contribution in [0.15, 0.2) is 0 Å². The molecular formula is C8H14F4N2. The second-order valence-electron chi connectivity index (χ2n) is 3.43. The first-order valence-corrected chi connectivity index (χ1v) is 4.60. The first kappa shape index (κ1) is 11.7. The molecule has 0 bridgehead atoms. The van der Waals surface area contributed by atoms with E-state index in [-0.39, 0.29) is 19.6 Å². The summed E-state index contributed by atoms with van der Waals surface area (Å²) in [4.78, 5) is 1.51. The van der Waals surface area contributed by atoms with Gasteiger partial charge >= 0.3 is 6.18 Å². The topological polar surface area (TPSA) is 15.3 Å². The third-order valence-corrected chi connectivity index (χ3v) is 2.34. The van der Waals surface area contributed by atoms with Crippen LogP contribution in [0, 0.1) is 5.92 Å². The van der Waals surface area contributed by atoms with Crippen molar-refractivity contribution in [2.24, 2.45) is 5.92 Å². The van der Waals surface area contributed by atoms with Gasteiger partial charge in [0.2, 0.25) is 0 Å². The summed E-state index contributed by atoms with van der Waals surface area (Å²) >= 11 is 0. The molecular weight excluding hydrogens is 200 g/mol. The molecule has 0 aromatic rings. The molecule has 1 N–H and O–H groups in total. The van der Waals surface area contributed by atoms with E-state index in [1.165, 1.54) is 4.90 Å². The SMILES string of the molecule is FCCN1CCNCC(C(F)(F)F)C1. The third-order valence-electron chi connectivity index (χ3n) is 2.34. The number of nitrogens with zero attached hydrogens (tertiary/aromatic N) is 1. The fraction of sp³-hybridized carbons (Fsp3) is 1.00. The third kappa shape index (κ3) is 3.42. The van der Waals surface area contributed by atoms with Crippen molar-refractivity contribution in [3.8, 4) is 0 Å². The van der Waals surface area contributed by atoms with Crippen LogP contribution in [0.25, 0.3) is 0 Å². The summed E-state index contributed by atoms with van der Waals surface area (Å²) in [6.45, 7) is 0.314. The van der Waals surface area contributed by atoms with Crippen molar-refractivity contribution in [3.63, 3.8) is 0 Å². The van der Waals surface area contributed by atoms with Gasteiger partial charge < -0.3 is 5.32 Å². The maximum absolute atomic E-state index is 12.4. The maximum Gasteiger partial charge on any atom is 0.394 e. The molecule has 84 valence electrons. The van der Waals surface area contributed by atoms with E-state index < -0.39 is 18.8 Å². The molecule has 0 aliphatic carbocycles. The summed E-state index contributed by atoms with van der Waals surface area (Å²) in [6.07, 6.45) is -4.19. The van der Waals surface area contributed by atoms with Crippen LogP contribution in [0.4, 0.5) is 17.6 Å². The van der Waals surface area contributed by atoms with Crippen LogP contribution in [0.3, 0.4) is 0 Å². The van der Waals surface area contributed by atoms with E-state index in [1.54, 1.807) is 0 Å². The Bertz CT molecular complexity index is 171. The number of halogens is 4. The van der Waals surface area contributed by atoms with Gasteiger partial charge in [0.15, 0.2) is 0 Å². The number of hydrogen-bond acceptors (Lipinski definition) is 2. The maximum atomic E-state index is 12.4. The summed E-state index contributed by atoms with van der Waals surface area (Å²) in [5, 5.41) is 2.71. The van der Waals surface area contributed by atoms with E-state index in [4.69, 9.17) is 0 Å². The van der Waals surface area contributed by atoms with E-state index in [0.717, 1.165) is 0 Å². The lowest BCUT2D eigenvalue weighted by atomic mass is 10.1. The smallest absolute Gasteiger partial charge is 0.315 e. The molecule has 1 fully saturated rings. The predicted octanol–water partition coefficient (Wildman–Crippen LogP) is 1.04. The summed E-state index contributed by atoms with van der Waals surface area (Å²) in [7, 11) is 0. The average molecular weight is 214 g/mol. The molecule has 1 atom stereocenters. The fourth-order valence-electron chi connectivity index (χ4n) is 1.52. The van der Waals surface area contributed by atoms with Gasteiger partial charge in [0.1, 0.15) is 6.67 Å². The van der Waals surface area contributed by atoms with Crippen molar-refractivity contribution in [2.45, 2.75) is 6.18 Å². The molecule has 0 saturated carbocycles. The van der Waals surface area contributed by atoms with Crippen molar-refractivity contribution in [3.05, 3.63) is 0 Å². The fourth-order valence-corrected chi connectivity index (χ4v) is 1.52. The molecule has 1 saturated heterocycles. The van der Waals surface area contributed by atoms with Crippen molar-refractivity contribution < 1.29 is 17.6 Å². The van der Waals surface area contributed by atoms with Gasteiger partial charge in [0, 0.05) is 32.7 Å². The Morgan fingerprint density at radius 1 is 1.36 bits per heavy atom. The van der Waals surface area contributed by atoms with Crippen LogP contribution in [0.1, 0.15) is 0 Å². The molecule has 1 unspecified atom stereocenters. The minimum atomic E-state index is -4.19. The second kappa shape index (κ2) is 4.93. The number of nitrogens with one attached hydrogen (secondary N) is 1. The van der Waals surface area contributed by atoms with Crippen molar-refractivity contribution >= 4 is 0 Å². The zero-order valence-corrected chi connectivity index (χ0v) is 7.78. The van der Waals surface area contributed by atoms with Gasteiger partial charge in [-0.3, -0.25) is 4.90 Å². The Morgan fingerprint density at radius 3 is 2.64 bits per heavy atom. The van der Waals surface area contributed by atoms with E-state index in [2.05, 4.69) is 5.32 Å². The van der Waals surface area contributed by atoms with Gasteiger partial charge in [-0.1, -0.05) is 0 Å². The molecule has 0 radical (unpaired) electrons. The highest BCUT2D eigenvalue weighted by atomic mass is 19.4. The predicted molar refractivity (Wildman–Crippen MR) is 44.8 cm³/mol. The lowest BCUT2D eigenvalue weighted by Crippen LogP contribution is -2.38.